The summed E-state index contributed by atoms with van der Waals surface area (Å²) in [6, 6.07) is 7.27. The van der Waals surface area contributed by atoms with Gasteiger partial charge in [-0.25, -0.2) is 0 Å². The molecule has 0 unspecified atom stereocenters. The molecule has 1 aliphatic rings. The summed E-state index contributed by atoms with van der Waals surface area (Å²) in [6.07, 6.45) is 6.30. The van der Waals surface area contributed by atoms with E-state index >= 15 is 0 Å². The molecule has 18 heavy (non-hydrogen) atoms. The highest BCUT2D eigenvalue weighted by Gasteiger charge is 2.25. The molecular weight excluding hydrogens is 218 g/mol. The van der Waals surface area contributed by atoms with Gasteiger partial charge in [-0.3, -0.25) is 0 Å². The molecule has 2 N–H and O–H groups in total. The smallest absolute Gasteiger partial charge is 0.00772 e. The lowest BCUT2D eigenvalue weighted by Crippen LogP contribution is -2.12. The minimum atomic E-state index is 0.257. The van der Waals surface area contributed by atoms with E-state index in [9.17, 15) is 0 Å². The highest BCUT2D eigenvalue weighted by atomic mass is 14.5. The maximum absolute atomic E-state index is 5.58. The van der Waals surface area contributed by atoms with E-state index in [4.69, 9.17) is 5.73 Å². The van der Waals surface area contributed by atoms with Gasteiger partial charge in [0.15, 0.2) is 0 Å². The van der Waals surface area contributed by atoms with Gasteiger partial charge in [-0.1, -0.05) is 39.0 Å². The van der Waals surface area contributed by atoms with Gasteiger partial charge in [0.1, 0.15) is 0 Å². The van der Waals surface area contributed by atoms with Crippen LogP contribution in [0.5, 0.6) is 0 Å². The predicted molar refractivity (Wildman–Crippen MR) is 79.1 cm³/mol. The Kier molecular flexibility index (Phi) is 4.11. The average Bonchev–Trinajstić information content (AvgIpc) is 3.11. The largest absolute Gasteiger partial charge is 0.330 e. The zero-order chi connectivity index (χ0) is 13.2. The molecule has 1 nitrogen and oxygen atoms in total. The molecule has 100 valence electrons. The first-order valence-electron chi connectivity index (χ1n) is 7.35. The number of nitrogens with two attached hydrogens (primary N) is 1. The van der Waals surface area contributed by atoms with E-state index in [-0.39, 0.29) is 5.41 Å². The van der Waals surface area contributed by atoms with E-state index in [0.29, 0.717) is 0 Å². The maximum Gasteiger partial charge on any atom is -0.00772 e. The molecule has 1 heteroatoms. The SMILES string of the molecule is CC(C)(C)c1cc(CCCCN)cc(C2CC2)c1. The van der Waals surface area contributed by atoms with Gasteiger partial charge >= 0.3 is 0 Å². The van der Waals surface area contributed by atoms with Crippen molar-refractivity contribution in [2.45, 2.75) is 64.2 Å². The molecule has 0 aliphatic heterocycles. The second kappa shape index (κ2) is 5.44. The Hall–Kier alpha value is -0.820. The van der Waals surface area contributed by atoms with E-state index in [1.165, 1.54) is 36.8 Å². The second-order valence-corrected chi connectivity index (χ2v) is 6.73. The third kappa shape index (κ3) is 3.58. The molecule has 0 atom stereocenters. The Morgan fingerprint density at radius 1 is 1.11 bits per heavy atom. The van der Waals surface area contributed by atoms with Gasteiger partial charge in [0.2, 0.25) is 0 Å². The highest BCUT2D eigenvalue weighted by molar-refractivity contribution is 5.37. The van der Waals surface area contributed by atoms with Crippen LogP contribution in [-0.4, -0.2) is 6.54 Å². The standard InChI is InChI=1S/C17H27N/c1-17(2,3)16-11-13(6-4-5-9-18)10-15(12-16)14-7-8-14/h10-12,14H,4-9,18H2,1-3H3. The van der Waals surface area contributed by atoms with Crippen molar-refractivity contribution in [2.75, 3.05) is 6.54 Å². The van der Waals surface area contributed by atoms with Crippen LogP contribution in [-0.2, 0) is 11.8 Å². The molecule has 2 rings (SSSR count). The van der Waals surface area contributed by atoms with Gasteiger partial charge in [0.05, 0.1) is 0 Å². The molecule has 1 aliphatic carbocycles. The minimum Gasteiger partial charge on any atom is -0.330 e. The molecule has 0 spiro atoms. The van der Waals surface area contributed by atoms with Gasteiger partial charge in [-0.2, -0.15) is 0 Å². The van der Waals surface area contributed by atoms with Gasteiger partial charge in [0, 0.05) is 0 Å². The van der Waals surface area contributed by atoms with Crippen LogP contribution in [0.4, 0.5) is 0 Å². The molecule has 1 aromatic rings. The fraction of sp³-hybridized carbons (Fsp3) is 0.647. The lowest BCUT2D eigenvalue weighted by molar-refractivity contribution is 0.587. The normalized spacial score (nSPS) is 16.0. The monoisotopic (exact) mass is 245 g/mol. The van der Waals surface area contributed by atoms with Crippen molar-refractivity contribution in [3.63, 3.8) is 0 Å². The molecule has 1 fully saturated rings. The summed E-state index contributed by atoms with van der Waals surface area (Å²) in [4.78, 5) is 0. The number of aryl methyl sites for hydroxylation is 1. The highest BCUT2D eigenvalue weighted by Crippen LogP contribution is 2.41. The summed E-state index contributed by atoms with van der Waals surface area (Å²) in [7, 11) is 0. The van der Waals surface area contributed by atoms with Crippen LogP contribution in [0.2, 0.25) is 0 Å². The molecule has 0 aromatic heterocycles. The fourth-order valence-electron chi connectivity index (χ4n) is 2.42. The molecule has 0 amide bonds. The first kappa shape index (κ1) is 13.6. The third-order valence-electron chi connectivity index (χ3n) is 3.85. The topological polar surface area (TPSA) is 26.0 Å². The van der Waals surface area contributed by atoms with E-state index in [1.54, 1.807) is 5.56 Å². The molecule has 1 saturated carbocycles. The van der Waals surface area contributed by atoms with Crippen LogP contribution in [0.1, 0.15) is 69.1 Å². The first-order valence-corrected chi connectivity index (χ1v) is 7.35. The van der Waals surface area contributed by atoms with Gasteiger partial charge < -0.3 is 5.73 Å². The first-order chi connectivity index (χ1) is 8.50. The molecular formula is C17H27N. The van der Waals surface area contributed by atoms with Gasteiger partial charge in [0.25, 0.3) is 0 Å². The number of benzene rings is 1. The molecule has 0 bridgehead atoms. The maximum atomic E-state index is 5.58. The summed E-state index contributed by atoms with van der Waals surface area (Å²) in [6.45, 7) is 7.74. The van der Waals surface area contributed by atoms with Crippen molar-refractivity contribution >= 4 is 0 Å². The lowest BCUT2D eigenvalue weighted by atomic mass is 9.84. The molecule has 0 radical (unpaired) electrons. The zero-order valence-electron chi connectivity index (χ0n) is 12.1. The molecule has 0 heterocycles. The third-order valence-corrected chi connectivity index (χ3v) is 3.85. The average molecular weight is 245 g/mol. The second-order valence-electron chi connectivity index (χ2n) is 6.73. The summed E-state index contributed by atoms with van der Waals surface area (Å²) >= 11 is 0. The predicted octanol–water partition coefficient (Wildman–Crippen LogP) is 4.14. The van der Waals surface area contributed by atoms with Gasteiger partial charge in [-0.05, 0) is 66.7 Å². The summed E-state index contributed by atoms with van der Waals surface area (Å²) < 4.78 is 0. The Morgan fingerprint density at radius 2 is 1.83 bits per heavy atom. The van der Waals surface area contributed by atoms with E-state index in [2.05, 4.69) is 39.0 Å². The Labute approximate surface area is 112 Å². The van der Waals surface area contributed by atoms with E-state index in [0.717, 1.165) is 18.9 Å². The van der Waals surface area contributed by atoms with Gasteiger partial charge in [-0.15, -0.1) is 0 Å². The summed E-state index contributed by atoms with van der Waals surface area (Å²) in [5.41, 5.74) is 10.4. The van der Waals surface area contributed by atoms with Crippen molar-refractivity contribution in [1.29, 1.82) is 0 Å². The van der Waals surface area contributed by atoms with Crippen molar-refractivity contribution in [3.05, 3.63) is 34.9 Å². The fourth-order valence-corrected chi connectivity index (χ4v) is 2.42. The van der Waals surface area contributed by atoms with E-state index in [1.807, 2.05) is 0 Å². The number of hydrogen-bond acceptors (Lipinski definition) is 1. The molecule has 0 saturated heterocycles. The summed E-state index contributed by atoms with van der Waals surface area (Å²) in [5.74, 6) is 0.848. The Bertz CT molecular complexity index is 397. The lowest BCUT2D eigenvalue weighted by Gasteiger charge is -2.21. The van der Waals surface area contributed by atoms with Crippen LogP contribution in [0, 0.1) is 0 Å². The van der Waals surface area contributed by atoms with Crippen LogP contribution in [0.25, 0.3) is 0 Å². The van der Waals surface area contributed by atoms with Crippen LogP contribution in [0.3, 0.4) is 0 Å². The number of unbranched alkanes of at least 4 members (excludes halogenated alkanes) is 1. The van der Waals surface area contributed by atoms with Crippen LogP contribution >= 0.6 is 0 Å². The van der Waals surface area contributed by atoms with E-state index < -0.39 is 0 Å². The quantitative estimate of drug-likeness (QED) is 0.775. The number of rotatable bonds is 5. The van der Waals surface area contributed by atoms with Crippen molar-refractivity contribution < 1.29 is 0 Å². The minimum absolute atomic E-state index is 0.257. The van der Waals surface area contributed by atoms with Crippen LogP contribution in [0.15, 0.2) is 18.2 Å². The van der Waals surface area contributed by atoms with Crippen molar-refractivity contribution in [1.82, 2.24) is 0 Å². The zero-order valence-corrected chi connectivity index (χ0v) is 12.1. The number of hydrogen-bond donors (Lipinski definition) is 1. The van der Waals surface area contributed by atoms with Crippen molar-refractivity contribution in [2.24, 2.45) is 5.73 Å². The molecule has 1 aromatic carbocycles. The Balaban J connectivity index is 2.19. The summed E-state index contributed by atoms with van der Waals surface area (Å²) in [5, 5.41) is 0. The van der Waals surface area contributed by atoms with Crippen LogP contribution < -0.4 is 5.73 Å². The Morgan fingerprint density at radius 3 is 2.39 bits per heavy atom. The van der Waals surface area contributed by atoms with Crippen molar-refractivity contribution in [3.8, 4) is 0 Å².